The second-order valence-corrected chi connectivity index (χ2v) is 4.43. The van der Waals surface area contributed by atoms with E-state index in [0.29, 0.717) is 17.3 Å². The van der Waals surface area contributed by atoms with Crippen LogP contribution in [0, 0.1) is 0 Å². The fraction of sp³-hybridized carbons (Fsp3) is 0.0667. The minimum absolute atomic E-state index is 0.164. The van der Waals surface area contributed by atoms with Gasteiger partial charge in [-0.2, -0.15) is 0 Å². The van der Waals surface area contributed by atoms with Gasteiger partial charge in [0, 0.05) is 0 Å². The number of ether oxygens (including phenoxy) is 3. The first kappa shape index (κ1) is 11.8. The minimum atomic E-state index is -0.515. The van der Waals surface area contributed by atoms with Crippen molar-refractivity contribution in [1.82, 2.24) is 0 Å². The molecule has 0 radical (unpaired) electrons. The van der Waals surface area contributed by atoms with Gasteiger partial charge in [0.15, 0.2) is 23.0 Å². The second kappa shape index (κ2) is 4.52. The molecule has 1 aromatic heterocycles. The molecule has 6 nitrogen and oxygen atoms in total. The highest BCUT2D eigenvalue weighted by molar-refractivity contribution is 6.11. The lowest BCUT2D eigenvalue weighted by Gasteiger charge is -1.97. The molecule has 0 unspecified atom stereocenters. The van der Waals surface area contributed by atoms with Gasteiger partial charge >= 0.3 is 5.97 Å². The number of furan rings is 1. The van der Waals surface area contributed by atoms with E-state index in [1.807, 2.05) is 6.07 Å². The zero-order valence-corrected chi connectivity index (χ0v) is 10.7. The van der Waals surface area contributed by atoms with Gasteiger partial charge in [0.25, 0.3) is 5.90 Å². The molecule has 1 aromatic carbocycles. The van der Waals surface area contributed by atoms with E-state index in [2.05, 4.69) is 4.99 Å². The molecule has 4 rings (SSSR count). The summed E-state index contributed by atoms with van der Waals surface area (Å²) in [4.78, 5) is 16.0. The number of aliphatic imine (C=N–C) groups is 1. The maximum Gasteiger partial charge on any atom is 0.363 e. The van der Waals surface area contributed by atoms with Gasteiger partial charge in [0.1, 0.15) is 0 Å². The van der Waals surface area contributed by atoms with E-state index in [4.69, 9.17) is 18.6 Å². The SMILES string of the molecule is O=C1OC(c2ccco2)=NC1=Cc1ccc2c(c1)OCO2. The first-order valence-electron chi connectivity index (χ1n) is 6.26. The van der Waals surface area contributed by atoms with Crippen LogP contribution in [0.3, 0.4) is 0 Å². The number of benzene rings is 1. The predicted molar refractivity (Wildman–Crippen MR) is 71.9 cm³/mol. The Labute approximate surface area is 119 Å². The molecule has 0 spiro atoms. The number of nitrogens with zero attached hydrogens (tertiary/aromatic N) is 1. The number of hydrogen-bond acceptors (Lipinski definition) is 6. The monoisotopic (exact) mass is 283 g/mol. The first-order valence-corrected chi connectivity index (χ1v) is 6.26. The van der Waals surface area contributed by atoms with E-state index in [0.717, 1.165) is 5.56 Å². The van der Waals surface area contributed by atoms with Crippen molar-refractivity contribution in [2.24, 2.45) is 4.99 Å². The first-order chi connectivity index (χ1) is 10.3. The van der Waals surface area contributed by atoms with E-state index in [9.17, 15) is 4.79 Å². The van der Waals surface area contributed by atoms with Gasteiger partial charge in [-0.05, 0) is 35.9 Å². The Bertz CT molecular complexity index is 773. The molecule has 2 aliphatic rings. The largest absolute Gasteiger partial charge is 0.459 e. The molecule has 0 N–H and O–H groups in total. The number of hydrogen-bond donors (Lipinski definition) is 0. The minimum Gasteiger partial charge on any atom is -0.459 e. The van der Waals surface area contributed by atoms with Gasteiger partial charge in [0.2, 0.25) is 6.79 Å². The van der Waals surface area contributed by atoms with Crippen LogP contribution in [0.25, 0.3) is 6.08 Å². The van der Waals surface area contributed by atoms with Crippen molar-refractivity contribution >= 4 is 17.9 Å². The van der Waals surface area contributed by atoms with E-state index in [1.165, 1.54) is 6.26 Å². The summed E-state index contributed by atoms with van der Waals surface area (Å²) in [6.45, 7) is 0.207. The van der Waals surface area contributed by atoms with Crippen LogP contribution in [0.4, 0.5) is 0 Å². The summed E-state index contributed by atoms with van der Waals surface area (Å²) in [6, 6.07) is 8.75. The van der Waals surface area contributed by atoms with Crippen LogP contribution in [-0.4, -0.2) is 18.7 Å². The molecule has 6 heteroatoms. The van der Waals surface area contributed by atoms with Crippen LogP contribution in [-0.2, 0) is 9.53 Å². The average Bonchev–Trinajstić information content (AvgIpc) is 3.20. The fourth-order valence-electron chi connectivity index (χ4n) is 2.08. The van der Waals surface area contributed by atoms with E-state index in [1.54, 1.807) is 30.3 Å². The Kier molecular flexibility index (Phi) is 2.53. The summed E-state index contributed by atoms with van der Waals surface area (Å²) in [6.07, 6.45) is 3.12. The van der Waals surface area contributed by atoms with Crippen molar-refractivity contribution in [3.05, 3.63) is 53.6 Å². The van der Waals surface area contributed by atoms with Crippen LogP contribution < -0.4 is 9.47 Å². The van der Waals surface area contributed by atoms with Crippen molar-refractivity contribution < 1.29 is 23.4 Å². The highest BCUT2D eigenvalue weighted by Gasteiger charge is 2.26. The number of carbonyl (C=O) groups is 1. The quantitative estimate of drug-likeness (QED) is 0.625. The lowest BCUT2D eigenvalue weighted by Crippen LogP contribution is -2.04. The summed E-state index contributed by atoms with van der Waals surface area (Å²) in [7, 11) is 0. The lowest BCUT2D eigenvalue weighted by molar-refractivity contribution is -0.130. The zero-order valence-electron chi connectivity index (χ0n) is 10.7. The lowest BCUT2D eigenvalue weighted by atomic mass is 10.1. The molecule has 0 aliphatic carbocycles. The Hall–Kier alpha value is -3.02. The van der Waals surface area contributed by atoms with Crippen molar-refractivity contribution in [1.29, 1.82) is 0 Å². The molecule has 2 aliphatic heterocycles. The number of carbonyl (C=O) groups excluding carboxylic acids is 1. The third-order valence-corrected chi connectivity index (χ3v) is 3.05. The molecule has 0 bridgehead atoms. The predicted octanol–water partition coefficient (Wildman–Crippen LogP) is 2.35. The van der Waals surface area contributed by atoms with Crippen LogP contribution >= 0.6 is 0 Å². The van der Waals surface area contributed by atoms with E-state index < -0.39 is 5.97 Å². The number of cyclic esters (lactones) is 1. The molecule has 0 saturated heterocycles. The molecule has 0 saturated carbocycles. The normalized spacial score (nSPS) is 18.0. The molecule has 0 atom stereocenters. The van der Waals surface area contributed by atoms with Gasteiger partial charge in [-0.15, -0.1) is 0 Å². The van der Waals surface area contributed by atoms with Gasteiger partial charge in [-0.25, -0.2) is 9.79 Å². The van der Waals surface area contributed by atoms with Crippen molar-refractivity contribution in [3.8, 4) is 11.5 Å². The molecule has 0 amide bonds. The van der Waals surface area contributed by atoms with E-state index >= 15 is 0 Å². The zero-order chi connectivity index (χ0) is 14.2. The fourth-order valence-corrected chi connectivity index (χ4v) is 2.08. The summed E-state index contributed by atoms with van der Waals surface area (Å²) >= 11 is 0. The number of esters is 1. The molecular weight excluding hydrogens is 274 g/mol. The van der Waals surface area contributed by atoms with Gasteiger partial charge in [-0.1, -0.05) is 6.07 Å². The summed E-state index contributed by atoms with van der Waals surface area (Å²) in [5.74, 6) is 1.39. The van der Waals surface area contributed by atoms with Crippen molar-refractivity contribution in [2.45, 2.75) is 0 Å². The Morgan fingerprint density at radius 2 is 2.05 bits per heavy atom. The van der Waals surface area contributed by atoms with E-state index in [-0.39, 0.29) is 18.4 Å². The van der Waals surface area contributed by atoms with Gasteiger partial charge < -0.3 is 18.6 Å². The number of fused-ring (bicyclic) bond motifs is 1. The highest BCUT2D eigenvalue weighted by atomic mass is 16.7. The van der Waals surface area contributed by atoms with Crippen molar-refractivity contribution in [3.63, 3.8) is 0 Å². The topological polar surface area (TPSA) is 70.3 Å². The average molecular weight is 283 g/mol. The third kappa shape index (κ3) is 2.06. The van der Waals surface area contributed by atoms with Crippen LogP contribution in [0.2, 0.25) is 0 Å². The summed E-state index contributed by atoms with van der Waals surface area (Å²) < 4.78 is 20.8. The smallest absolute Gasteiger partial charge is 0.363 e. The molecule has 2 aromatic rings. The van der Waals surface area contributed by atoms with Crippen LogP contribution in [0.5, 0.6) is 11.5 Å². The summed E-state index contributed by atoms with van der Waals surface area (Å²) in [5.41, 5.74) is 0.982. The Morgan fingerprint density at radius 3 is 2.90 bits per heavy atom. The molecule has 104 valence electrons. The Morgan fingerprint density at radius 1 is 1.14 bits per heavy atom. The van der Waals surface area contributed by atoms with Crippen LogP contribution in [0.1, 0.15) is 11.3 Å². The highest BCUT2D eigenvalue weighted by Crippen LogP contribution is 2.33. The molecular formula is C15H9NO5. The Balaban J connectivity index is 1.68. The maximum absolute atomic E-state index is 11.8. The molecule has 3 heterocycles. The maximum atomic E-state index is 11.8. The summed E-state index contributed by atoms with van der Waals surface area (Å²) in [5, 5.41) is 0. The van der Waals surface area contributed by atoms with Gasteiger partial charge in [-0.3, -0.25) is 0 Å². The van der Waals surface area contributed by atoms with Crippen LogP contribution in [0.15, 0.2) is 51.7 Å². The molecule has 0 fully saturated rings. The molecule has 21 heavy (non-hydrogen) atoms. The number of rotatable bonds is 2. The third-order valence-electron chi connectivity index (χ3n) is 3.05. The van der Waals surface area contributed by atoms with Crippen molar-refractivity contribution in [2.75, 3.05) is 6.79 Å². The van der Waals surface area contributed by atoms with Gasteiger partial charge in [0.05, 0.1) is 6.26 Å². The second-order valence-electron chi connectivity index (χ2n) is 4.43. The standard InChI is InChI=1S/C15H9NO5/c17-15-10(16-14(21-15)12-2-1-5-18-12)6-9-3-4-11-13(7-9)20-8-19-11/h1-7H,8H2.